The van der Waals surface area contributed by atoms with E-state index in [9.17, 15) is 5.11 Å². The lowest BCUT2D eigenvalue weighted by Gasteiger charge is -2.47. The number of benzene rings is 1. The summed E-state index contributed by atoms with van der Waals surface area (Å²) in [5.74, 6) is 1.94. The number of piperidine rings is 1. The summed E-state index contributed by atoms with van der Waals surface area (Å²) in [4.78, 5) is 6.32. The molecule has 0 unspecified atom stereocenters. The van der Waals surface area contributed by atoms with Crippen LogP contribution in [0, 0.1) is 18.8 Å². The Balaban J connectivity index is 1.60. The highest BCUT2D eigenvalue weighted by molar-refractivity contribution is 5.89. The zero-order valence-electron chi connectivity index (χ0n) is 13.9. The van der Waals surface area contributed by atoms with Gasteiger partial charge in [0.05, 0.1) is 0 Å². The summed E-state index contributed by atoms with van der Waals surface area (Å²) in [5.41, 5.74) is 5.71. The van der Waals surface area contributed by atoms with Crippen LogP contribution in [0.15, 0.2) is 18.2 Å². The second kappa shape index (κ2) is 5.09. The molecule has 0 bridgehead atoms. The van der Waals surface area contributed by atoms with Crippen molar-refractivity contribution in [2.45, 2.75) is 44.6 Å². The molecule has 2 N–H and O–H groups in total. The van der Waals surface area contributed by atoms with Crippen molar-refractivity contribution in [3.05, 3.63) is 35.0 Å². The third-order valence-electron chi connectivity index (χ3n) is 6.45. The number of nitrogens with zero attached hydrogens (tertiary/aromatic N) is 1. The predicted octanol–water partition coefficient (Wildman–Crippen LogP) is 3.21. The molecule has 23 heavy (non-hydrogen) atoms. The first-order chi connectivity index (χ1) is 11.2. The van der Waals surface area contributed by atoms with Gasteiger partial charge in [-0.05, 0) is 61.6 Å². The number of nitrogens with one attached hydrogen (secondary N) is 1. The van der Waals surface area contributed by atoms with E-state index in [2.05, 4.69) is 35.0 Å². The van der Waals surface area contributed by atoms with Crippen molar-refractivity contribution in [2.24, 2.45) is 11.8 Å². The molecule has 2 fully saturated rings. The Labute approximate surface area is 137 Å². The molecule has 3 atom stereocenters. The number of aliphatic hydroxyl groups excluding tert-OH is 1. The third kappa shape index (κ3) is 2.17. The van der Waals surface area contributed by atoms with Crippen LogP contribution in [-0.4, -0.2) is 40.7 Å². The molecule has 1 aromatic carbocycles. The van der Waals surface area contributed by atoms with Crippen molar-refractivity contribution < 1.29 is 5.11 Å². The summed E-state index contributed by atoms with van der Waals surface area (Å²) in [6, 6.07) is 7.38. The molecular weight excluding hydrogens is 284 g/mol. The van der Waals surface area contributed by atoms with Crippen molar-refractivity contribution >= 4 is 10.9 Å². The lowest BCUT2D eigenvalue weighted by atomic mass is 9.72. The maximum absolute atomic E-state index is 9.81. The van der Waals surface area contributed by atoms with Crippen molar-refractivity contribution in [3.63, 3.8) is 0 Å². The molecular formula is C20H26N2O. The standard InChI is InChI=1S/C20H26N2O/c1-12-16-8-19-17(15-3-2-4-18(21-12)20(15)16)7-14(11-23)10-22(19)9-13-5-6-13/h2-4,13-14,17,19,21,23H,5-11H2,1H3/t14-,17-,19-/m1/s1. The first-order valence-electron chi connectivity index (χ1n) is 9.19. The van der Waals surface area contributed by atoms with E-state index in [1.165, 1.54) is 48.0 Å². The Hall–Kier alpha value is -1.32. The minimum Gasteiger partial charge on any atom is -0.396 e. The molecule has 2 heterocycles. The van der Waals surface area contributed by atoms with Crippen LogP contribution in [0.25, 0.3) is 10.9 Å². The van der Waals surface area contributed by atoms with Crippen molar-refractivity contribution in [1.82, 2.24) is 9.88 Å². The minimum atomic E-state index is 0.333. The number of aliphatic hydroxyl groups is 1. The molecule has 0 amide bonds. The van der Waals surface area contributed by atoms with Gasteiger partial charge < -0.3 is 10.1 Å². The van der Waals surface area contributed by atoms with E-state index in [0.29, 0.717) is 24.5 Å². The van der Waals surface area contributed by atoms with Crippen LogP contribution in [0.2, 0.25) is 0 Å². The largest absolute Gasteiger partial charge is 0.396 e. The Kier molecular flexibility index (Phi) is 3.11. The third-order valence-corrected chi connectivity index (χ3v) is 6.45. The van der Waals surface area contributed by atoms with Crippen LogP contribution in [-0.2, 0) is 6.42 Å². The van der Waals surface area contributed by atoms with Gasteiger partial charge in [0.15, 0.2) is 0 Å². The monoisotopic (exact) mass is 310 g/mol. The van der Waals surface area contributed by atoms with Gasteiger partial charge in [-0.15, -0.1) is 0 Å². The van der Waals surface area contributed by atoms with E-state index >= 15 is 0 Å². The second-order valence-electron chi connectivity index (χ2n) is 8.06. The average molecular weight is 310 g/mol. The van der Waals surface area contributed by atoms with Gasteiger partial charge in [0.1, 0.15) is 0 Å². The summed E-state index contributed by atoms with van der Waals surface area (Å²) >= 11 is 0. The fraction of sp³-hybridized carbons (Fsp3) is 0.600. The zero-order chi connectivity index (χ0) is 15.6. The zero-order valence-corrected chi connectivity index (χ0v) is 13.9. The fourth-order valence-corrected chi connectivity index (χ4v) is 5.14. The Morgan fingerprint density at radius 2 is 2.13 bits per heavy atom. The number of likely N-dealkylation sites (tertiary alicyclic amines) is 1. The number of fused-ring (bicyclic) bond motifs is 2. The topological polar surface area (TPSA) is 39.3 Å². The fourth-order valence-electron chi connectivity index (χ4n) is 5.14. The number of hydrogen-bond donors (Lipinski definition) is 2. The van der Waals surface area contributed by atoms with E-state index in [1.54, 1.807) is 5.56 Å². The summed E-state index contributed by atoms with van der Waals surface area (Å²) in [6.45, 7) is 4.89. The maximum atomic E-state index is 9.81. The highest BCUT2D eigenvalue weighted by Crippen LogP contribution is 2.46. The molecule has 1 aromatic heterocycles. The second-order valence-corrected chi connectivity index (χ2v) is 8.06. The summed E-state index contributed by atoms with van der Waals surface area (Å²) in [6.07, 6.45) is 5.13. The van der Waals surface area contributed by atoms with Gasteiger partial charge in [0.2, 0.25) is 0 Å². The molecule has 1 aliphatic heterocycles. The molecule has 2 aliphatic carbocycles. The number of aromatic nitrogens is 1. The molecule has 122 valence electrons. The average Bonchev–Trinajstić information content (AvgIpc) is 3.32. The number of aryl methyl sites for hydroxylation is 1. The molecule has 5 rings (SSSR count). The molecule has 0 radical (unpaired) electrons. The highest BCUT2D eigenvalue weighted by Gasteiger charge is 2.42. The number of rotatable bonds is 3. The quantitative estimate of drug-likeness (QED) is 0.914. The minimum absolute atomic E-state index is 0.333. The van der Waals surface area contributed by atoms with Crippen LogP contribution in [0.5, 0.6) is 0 Å². The summed E-state index contributed by atoms with van der Waals surface area (Å²) < 4.78 is 0. The molecule has 3 aliphatic rings. The van der Waals surface area contributed by atoms with Gasteiger partial charge in [0, 0.05) is 48.3 Å². The number of H-pyrrole nitrogens is 1. The van der Waals surface area contributed by atoms with Crippen LogP contribution in [0.4, 0.5) is 0 Å². The first-order valence-corrected chi connectivity index (χ1v) is 9.19. The lowest BCUT2D eigenvalue weighted by molar-refractivity contribution is 0.0536. The molecule has 1 saturated carbocycles. The van der Waals surface area contributed by atoms with E-state index < -0.39 is 0 Å². The maximum Gasteiger partial charge on any atom is 0.0471 e. The first kappa shape index (κ1) is 14.1. The van der Waals surface area contributed by atoms with Crippen molar-refractivity contribution in [2.75, 3.05) is 19.7 Å². The Bertz CT molecular complexity index is 745. The molecule has 2 aromatic rings. The van der Waals surface area contributed by atoms with Gasteiger partial charge in [-0.25, -0.2) is 0 Å². The van der Waals surface area contributed by atoms with Crippen LogP contribution >= 0.6 is 0 Å². The lowest BCUT2D eigenvalue weighted by Crippen LogP contribution is -2.51. The molecule has 3 heteroatoms. The molecule has 3 nitrogen and oxygen atoms in total. The van der Waals surface area contributed by atoms with Crippen molar-refractivity contribution in [3.8, 4) is 0 Å². The molecule has 0 spiro atoms. The van der Waals surface area contributed by atoms with Crippen LogP contribution in [0.1, 0.15) is 42.0 Å². The summed E-state index contributed by atoms with van der Waals surface area (Å²) in [7, 11) is 0. The van der Waals surface area contributed by atoms with E-state index in [1.807, 2.05) is 0 Å². The SMILES string of the molecule is Cc1[nH]c2cccc3c2c1C[C@@H]1[C@@H]3C[C@@H](CO)CN1CC1CC1. The van der Waals surface area contributed by atoms with Gasteiger partial charge in [0.25, 0.3) is 0 Å². The van der Waals surface area contributed by atoms with Crippen LogP contribution in [0.3, 0.4) is 0 Å². The summed E-state index contributed by atoms with van der Waals surface area (Å²) in [5, 5.41) is 11.3. The van der Waals surface area contributed by atoms with Gasteiger partial charge in [-0.3, -0.25) is 4.90 Å². The van der Waals surface area contributed by atoms with Gasteiger partial charge >= 0.3 is 0 Å². The van der Waals surface area contributed by atoms with Crippen molar-refractivity contribution in [1.29, 1.82) is 0 Å². The predicted molar refractivity (Wildman–Crippen MR) is 92.8 cm³/mol. The Morgan fingerprint density at radius 1 is 1.26 bits per heavy atom. The Morgan fingerprint density at radius 3 is 2.91 bits per heavy atom. The van der Waals surface area contributed by atoms with Gasteiger partial charge in [-0.1, -0.05) is 12.1 Å². The van der Waals surface area contributed by atoms with E-state index in [0.717, 1.165) is 18.9 Å². The van der Waals surface area contributed by atoms with Gasteiger partial charge in [-0.2, -0.15) is 0 Å². The number of aromatic amines is 1. The molecule has 1 saturated heterocycles. The number of hydrogen-bond acceptors (Lipinski definition) is 2. The normalized spacial score (nSPS) is 30.6. The van der Waals surface area contributed by atoms with E-state index in [4.69, 9.17) is 0 Å². The highest BCUT2D eigenvalue weighted by atomic mass is 16.3. The van der Waals surface area contributed by atoms with Crippen LogP contribution < -0.4 is 0 Å². The van der Waals surface area contributed by atoms with E-state index in [-0.39, 0.29) is 0 Å². The smallest absolute Gasteiger partial charge is 0.0471 e.